The number of tetrazole rings is 1. The van der Waals surface area contributed by atoms with Crippen molar-refractivity contribution >= 4 is 17.4 Å². The maximum absolute atomic E-state index is 13.8. The average molecular weight is 588 g/mol. The number of aromatic hydroxyl groups is 1. The minimum absolute atomic E-state index is 0.0438. The quantitative estimate of drug-likeness (QED) is 0.145. The third-order valence-electron chi connectivity index (χ3n) is 6.87. The van der Waals surface area contributed by atoms with E-state index in [0.29, 0.717) is 23.6 Å². The number of ketones is 1. The lowest BCUT2D eigenvalue weighted by Gasteiger charge is -2.16. The molecule has 0 aliphatic rings. The SMILES string of the molecule is CCCCc1nc(Cl)c(C(=O)c2ncc(C(OC)OC)cc2O)n1Cc1ccc(-c2ccccc2)c(-c2nn[nH]n2)c1. The summed E-state index contributed by atoms with van der Waals surface area (Å²) in [5.41, 5.74) is 4.04. The Hall–Kier alpha value is -4.45. The van der Waals surface area contributed by atoms with Crippen LogP contribution in [0.3, 0.4) is 0 Å². The first kappa shape index (κ1) is 29.1. The van der Waals surface area contributed by atoms with Crippen molar-refractivity contribution < 1.29 is 19.4 Å². The number of rotatable bonds is 12. The first-order valence-corrected chi connectivity index (χ1v) is 13.8. The Balaban J connectivity index is 1.57. The minimum Gasteiger partial charge on any atom is -0.506 e. The van der Waals surface area contributed by atoms with Crippen LogP contribution in [0, 0.1) is 0 Å². The van der Waals surface area contributed by atoms with E-state index in [-0.39, 0.29) is 28.8 Å². The lowest BCUT2D eigenvalue weighted by Crippen LogP contribution is -2.16. The van der Waals surface area contributed by atoms with Crippen LogP contribution in [0.5, 0.6) is 5.75 Å². The Labute approximate surface area is 247 Å². The standard InChI is InChI=1S/C30H30ClN7O4/c1-4-5-11-24-33-28(31)26(27(40)25-23(39)15-20(16-32-25)30(41-2)42-3)38(24)17-18-12-13-21(19-9-7-6-8-10-19)22(14-18)29-34-36-37-35-29/h6-10,12-16,30,39H,4-5,11,17H2,1-3H3,(H,34,35,36,37). The fourth-order valence-electron chi connectivity index (χ4n) is 4.84. The second-order valence-corrected chi connectivity index (χ2v) is 9.97. The lowest BCUT2D eigenvalue weighted by atomic mass is 9.97. The summed E-state index contributed by atoms with van der Waals surface area (Å²) in [6.45, 7) is 2.37. The van der Waals surface area contributed by atoms with Crippen molar-refractivity contribution in [3.05, 3.63) is 94.3 Å². The molecule has 0 radical (unpaired) electrons. The van der Waals surface area contributed by atoms with E-state index < -0.39 is 12.1 Å². The highest BCUT2D eigenvalue weighted by molar-refractivity contribution is 6.33. The highest BCUT2D eigenvalue weighted by Gasteiger charge is 2.27. The molecule has 2 N–H and O–H groups in total. The maximum Gasteiger partial charge on any atom is 0.234 e. The molecular weight excluding hydrogens is 558 g/mol. The van der Waals surface area contributed by atoms with Gasteiger partial charge in [0.1, 0.15) is 17.3 Å². The number of aryl methyl sites for hydroxylation is 1. The van der Waals surface area contributed by atoms with E-state index in [0.717, 1.165) is 35.1 Å². The number of aromatic amines is 1. The summed E-state index contributed by atoms with van der Waals surface area (Å²) in [6.07, 6.45) is 3.10. The number of halogens is 1. The van der Waals surface area contributed by atoms with Gasteiger partial charge in [-0.1, -0.05) is 67.4 Å². The molecule has 42 heavy (non-hydrogen) atoms. The zero-order valence-electron chi connectivity index (χ0n) is 23.4. The van der Waals surface area contributed by atoms with E-state index in [4.69, 9.17) is 21.1 Å². The molecule has 11 nitrogen and oxygen atoms in total. The van der Waals surface area contributed by atoms with Crippen LogP contribution in [0.4, 0.5) is 0 Å². The fraction of sp³-hybridized carbons (Fsp3) is 0.267. The molecule has 0 saturated heterocycles. The van der Waals surface area contributed by atoms with Crippen molar-refractivity contribution in [2.75, 3.05) is 14.2 Å². The third-order valence-corrected chi connectivity index (χ3v) is 7.14. The summed E-state index contributed by atoms with van der Waals surface area (Å²) in [6, 6.07) is 17.3. The van der Waals surface area contributed by atoms with Crippen LogP contribution >= 0.6 is 11.6 Å². The number of nitrogens with one attached hydrogen (secondary N) is 1. The number of benzene rings is 2. The smallest absolute Gasteiger partial charge is 0.234 e. The van der Waals surface area contributed by atoms with Crippen molar-refractivity contribution in [3.63, 3.8) is 0 Å². The van der Waals surface area contributed by atoms with E-state index in [2.05, 4.69) is 37.5 Å². The molecule has 0 spiro atoms. The van der Waals surface area contributed by atoms with E-state index in [1.807, 2.05) is 48.5 Å². The van der Waals surface area contributed by atoms with Gasteiger partial charge in [0.15, 0.2) is 17.1 Å². The molecule has 5 aromatic rings. The molecule has 0 bridgehead atoms. The topological polar surface area (TPSA) is 141 Å². The molecule has 0 aliphatic carbocycles. The van der Waals surface area contributed by atoms with E-state index >= 15 is 0 Å². The number of pyridine rings is 1. The Morgan fingerprint density at radius 3 is 2.55 bits per heavy atom. The number of hydrogen-bond acceptors (Lipinski definition) is 9. The van der Waals surface area contributed by atoms with Crippen LogP contribution in [0.1, 0.15) is 59.2 Å². The highest BCUT2D eigenvalue weighted by Crippen LogP contribution is 2.33. The Morgan fingerprint density at radius 1 is 1.10 bits per heavy atom. The number of methoxy groups -OCH3 is 2. The number of ether oxygens (including phenoxy) is 2. The van der Waals surface area contributed by atoms with Crippen LogP contribution in [-0.4, -0.2) is 60.3 Å². The maximum atomic E-state index is 13.8. The normalized spacial score (nSPS) is 11.4. The lowest BCUT2D eigenvalue weighted by molar-refractivity contribution is -0.106. The predicted octanol–water partition coefficient (Wildman–Crippen LogP) is 5.40. The Bertz CT molecular complexity index is 1670. The minimum atomic E-state index is -0.741. The van der Waals surface area contributed by atoms with Crippen LogP contribution in [-0.2, 0) is 22.4 Å². The van der Waals surface area contributed by atoms with Gasteiger partial charge in [0, 0.05) is 44.5 Å². The van der Waals surface area contributed by atoms with Gasteiger partial charge in [0.05, 0.1) is 0 Å². The number of unbranched alkanes of at least 4 members (excludes halogenated alkanes) is 1. The number of nitrogens with zero attached hydrogens (tertiary/aromatic N) is 6. The van der Waals surface area contributed by atoms with Gasteiger partial charge in [-0.2, -0.15) is 5.21 Å². The molecule has 0 fully saturated rings. The van der Waals surface area contributed by atoms with Gasteiger partial charge in [-0.15, -0.1) is 10.2 Å². The molecule has 0 saturated carbocycles. The molecule has 5 rings (SSSR count). The van der Waals surface area contributed by atoms with Gasteiger partial charge >= 0.3 is 0 Å². The first-order valence-electron chi connectivity index (χ1n) is 13.4. The summed E-state index contributed by atoms with van der Waals surface area (Å²) in [5, 5.41) is 25.5. The molecule has 12 heteroatoms. The van der Waals surface area contributed by atoms with E-state index in [1.54, 1.807) is 4.57 Å². The molecule has 0 atom stereocenters. The molecule has 2 aromatic carbocycles. The monoisotopic (exact) mass is 587 g/mol. The second kappa shape index (κ2) is 13.0. The molecular formula is C30H30ClN7O4. The number of carbonyl (C=O) groups excluding carboxylic acids is 1. The first-order chi connectivity index (χ1) is 20.4. The van der Waals surface area contributed by atoms with Crippen LogP contribution in [0.15, 0.2) is 60.8 Å². The van der Waals surface area contributed by atoms with Gasteiger partial charge in [0.2, 0.25) is 11.6 Å². The number of imidazole rings is 1. The van der Waals surface area contributed by atoms with Crippen molar-refractivity contribution in [3.8, 4) is 28.3 Å². The molecule has 0 amide bonds. The molecule has 3 heterocycles. The fourth-order valence-corrected chi connectivity index (χ4v) is 5.12. The van der Waals surface area contributed by atoms with Gasteiger partial charge in [-0.25, -0.2) is 9.97 Å². The van der Waals surface area contributed by atoms with E-state index in [1.165, 1.54) is 26.5 Å². The summed E-state index contributed by atoms with van der Waals surface area (Å²) in [5.74, 6) is 0.238. The summed E-state index contributed by atoms with van der Waals surface area (Å²) in [7, 11) is 2.94. The van der Waals surface area contributed by atoms with Crippen molar-refractivity contribution in [2.24, 2.45) is 0 Å². The zero-order valence-corrected chi connectivity index (χ0v) is 24.2. The van der Waals surface area contributed by atoms with Gasteiger partial charge in [0.25, 0.3) is 0 Å². The number of carbonyl (C=O) groups is 1. The molecule has 0 aliphatic heterocycles. The zero-order chi connectivity index (χ0) is 29.6. The van der Waals surface area contributed by atoms with Crippen LogP contribution in [0.25, 0.3) is 22.5 Å². The average Bonchev–Trinajstić information content (AvgIpc) is 3.65. The van der Waals surface area contributed by atoms with Gasteiger partial charge < -0.3 is 19.1 Å². The summed E-state index contributed by atoms with van der Waals surface area (Å²) >= 11 is 6.60. The van der Waals surface area contributed by atoms with Gasteiger partial charge in [-0.3, -0.25) is 4.79 Å². The third kappa shape index (κ3) is 5.94. The van der Waals surface area contributed by atoms with Crippen molar-refractivity contribution in [2.45, 2.75) is 39.0 Å². The molecule has 0 unspecified atom stereocenters. The second-order valence-electron chi connectivity index (χ2n) is 9.61. The Morgan fingerprint density at radius 2 is 1.88 bits per heavy atom. The number of hydrogen-bond donors (Lipinski definition) is 2. The van der Waals surface area contributed by atoms with E-state index in [9.17, 15) is 9.90 Å². The highest BCUT2D eigenvalue weighted by atomic mass is 35.5. The van der Waals surface area contributed by atoms with Crippen molar-refractivity contribution in [1.82, 2.24) is 35.2 Å². The van der Waals surface area contributed by atoms with Crippen molar-refractivity contribution in [1.29, 1.82) is 0 Å². The molecule has 216 valence electrons. The van der Waals surface area contributed by atoms with Gasteiger partial charge in [-0.05, 0) is 40.5 Å². The number of H-pyrrole nitrogens is 1. The van der Waals surface area contributed by atoms with Crippen LogP contribution in [0.2, 0.25) is 5.15 Å². The largest absolute Gasteiger partial charge is 0.506 e. The predicted molar refractivity (Wildman–Crippen MR) is 156 cm³/mol. The molecule has 3 aromatic heterocycles. The van der Waals surface area contributed by atoms with Crippen LogP contribution < -0.4 is 0 Å². The summed E-state index contributed by atoms with van der Waals surface area (Å²) in [4.78, 5) is 22.6. The summed E-state index contributed by atoms with van der Waals surface area (Å²) < 4.78 is 12.3. The number of aromatic nitrogens is 7. The Kier molecular flexibility index (Phi) is 9.01.